The number of likely N-dealkylation sites (N-methyl/N-ethyl adjacent to an activating group) is 1. The molecule has 0 N–H and O–H groups in total. The second-order valence-corrected chi connectivity index (χ2v) is 17.3. The van der Waals surface area contributed by atoms with E-state index in [2.05, 4.69) is 48.5 Å². The average molecular weight is 609 g/mol. The van der Waals surface area contributed by atoms with Crippen molar-refractivity contribution in [1.82, 2.24) is 9.80 Å². The quantitative estimate of drug-likeness (QED) is 0.357. The van der Waals surface area contributed by atoms with E-state index in [1.54, 1.807) is 16.8 Å². The van der Waals surface area contributed by atoms with Gasteiger partial charge < -0.3 is 14.5 Å². The SMILES string of the molecule is CC(=O)O[C@H]1CC[C@]2(C)[C@H]3CC[C@@H]4C5=C(C(C)C)C(=O)C[C@]5(C(=O)N5CCN(C)C(=O)C5)CC[C@@]4(C)[C@]3(C)CC[C@H]2C1(C)C. The highest BCUT2D eigenvalue weighted by atomic mass is 16.5. The number of nitrogens with zero attached hydrogens (tertiary/aromatic N) is 2. The number of amides is 2. The number of ketones is 1. The van der Waals surface area contributed by atoms with Gasteiger partial charge in [0.1, 0.15) is 6.10 Å². The molecule has 0 bridgehead atoms. The number of hydrogen-bond donors (Lipinski definition) is 0. The van der Waals surface area contributed by atoms with Crippen LogP contribution in [0, 0.1) is 50.7 Å². The summed E-state index contributed by atoms with van der Waals surface area (Å²) in [5.74, 6) is 1.25. The van der Waals surface area contributed by atoms with Crippen LogP contribution in [0.5, 0.6) is 0 Å². The van der Waals surface area contributed by atoms with Gasteiger partial charge in [0.15, 0.2) is 5.78 Å². The molecular formula is C37H56N2O5. The molecule has 0 aromatic heterocycles. The third kappa shape index (κ3) is 4.11. The fraction of sp³-hybridized carbons (Fsp3) is 0.838. The van der Waals surface area contributed by atoms with Gasteiger partial charge in [0.2, 0.25) is 11.8 Å². The van der Waals surface area contributed by atoms with Gasteiger partial charge in [0.25, 0.3) is 0 Å². The summed E-state index contributed by atoms with van der Waals surface area (Å²) in [5, 5.41) is 0. The first-order chi connectivity index (χ1) is 20.4. The van der Waals surface area contributed by atoms with Crippen molar-refractivity contribution in [3.63, 3.8) is 0 Å². The molecule has 2 amide bonds. The minimum absolute atomic E-state index is 0.0217. The lowest BCUT2D eigenvalue weighted by molar-refractivity contribution is -0.232. The molecule has 1 saturated heterocycles. The monoisotopic (exact) mass is 608 g/mol. The maximum absolute atomic E-state index is 14.6. The Hall–Kier alpha value is -2.18. The van der Waals surface area contributed by atoms with Gasteiger partial charge in [0, 0.05) is 38.9 Å². The van der Waals surface area contributed by atoms with Crippen LogP contribution in [0.2, 0.25) is 0 Å². The van der Waals surface area contributed by atoms with Crippen molar-refractivity contribution in [3.05, 3.63) is 11.1 Å². The van der Waals surface area contributed by atoms with Crippen molar-refractivity contribution in [2.75, 3.05) is 26.7 Å². The molecule has 1 aliphatic heterocycles. The number of rotatable bonds is 3. The highest BCUT2D eigenvalue weighted by Gasteiger charge is 2.71. The molecule has 6 rings (SSSR count). The van der Waals surface area contributed by atoms with Crippen LogP contribution in [0.25, 0.3) is 0 Å². The van der Waals surface area contributed by atoms with E-state index in [4.69, 9.17) is 4.74 Å². The topological polar surface area (TPSA) is 84.0 Å². The molecule has 4 saturated carbocycles. The lowest BCUT2D eigenvalue weighted by Crippen LogP contribution is -2.66. The number of allylic oxidation sites excluding steroid dienone is 1. The lowest BCUT2D eigenvalue weighted by atomic mass is 9.33. The highest BCUT2D eigenvalue weighted by Crippen LogP contribution is 2.76. The van der Waals surface area contributed by atoms with E-state index < -0.39 is 5.41 Å². The number of esters is 1. The number of carbonyl (C=O) groups excluding carboxylic acids is 4. The van der Waals surface area contributed by atoms with Gasteiger partial charge in [-0.3, -0.25) is 19.2 Å². The molecule has 0 spiro atoms. The van der Waals surface area contributed by atoms with Crippen LogP contribution in [0.4, 0.5) is 0 Å². The molecule has 244 valence electrons. The predicted octanol–water partition coefficient (Wildman–Crippen LogP) is 6.20. The van der Waals surface area contributed by atoms with Gasteiger partial charge in [0.05, 0.1) is 12.0 Å². The van der Waals surface area contributed by atoms with Crippen molar-refractivity contribution < 1.29 is 23.9 Å². The number of Topliss-reactive ketones (excluding diaryl/α,β-unsaturated/α-hetero) is 1. The maximum Gasteiger partial charge on any atom is 0.302 e. The van der Waals surface area contributed by atoms with Crippen LogP contribution in [0.15, 0.2) is 11.1 Å². The smallest absolute Gasteiger partial charge is 0.302 e. The molecule has 7 nitrogen and oxygen atoms in total. The fourth-order valence-corrected chi connectivity index (χ4v) is 12.5. The third-order valence-corrected chi connectivity index (χ3v) is 14.8. The largest absolute Gasteiger partial charge is 0.462 e. The number of hydrogen-bond acceptors (Lipinski definition) is 5. The van der Waals surface area contributed by atoms with Gasteiger partial charge in [-0.25, -0.2) is 0 Å². The van der Waals surface area contributed by atoms with E-state index in [1.807, 2.05) is 0 Å². The summed E-state index contributed by atoms with van der Waals surface area (Å²) < 4.78 is 5.92. The fourth-order valence-electron chi connectivity index (χ4n) is 12.5. The average Bonchev–Trinajstić information content (AvgIpc) is 3.25. The predicted molar refractivity (Wildman–Crippen MR) is 169 cm³/mol. The molecule has 5 aliphatic carbocycles. The lowest BCUT2D eigenvalue weighted by Gasteiger charge is -2.72. The Balaban J connectivity index is 1.39. The molecule has 5 fully saturated rings. The Kier molecular flexibility index (Phi) is 7.34. The molecule has 6 aliphatic rings. The minimum atomic E-state index is -0.800. The molecule has 0 aromatic carbocycles. The number of fused-ring (bicyclic) bond motifs is 7. The first-order valence-electron chi connectivity index (χ1n) is 17.4. The highest BCUT2D eigenvalue weighted by molar-refractivity contribution is 6.07. The normalized spacial score (nSPS) is 43.3. The Labute approximate surface area is 264 Å². The van der Waals surface area contributed by atoms with Crippen molar-refractivity contribution in [3.8, 4) is 0 Å². The Morgan fingerprint density at radius 1 is 0.864 bits per heavy atom. The molecule has 7 heteroatoms. The molecule has 0 aromatic rings. The van der Waals surface area contributed by atoms with E-state index in [9.17, 15) is 19.2 Å². The summed E-state index contributed by atoms with van der Waals surface area (Å²) in [7, 11) is 1.80. The van der Waals surface area contributed by atoms with Crippen LogP contribution in [0.1, 0.15) is 113 Å². The summed E-state index contributed by atoms with van der Waals surface area (Å²) >= 11 is 0. The standard InChI is InChI=1S/C37H56N2O5/c1-22(2)30-25(41)20-37(32(43)39-19-18-38(9)29(42)21-39)17-16-35(7)24(31(30)37)10-11-27-34(6)14-13-28(44-23(3)40)33(4,5)26(34)12-15-36(27,35)8/h22,24,26-28H,10-21H2,1-9H3/t24-,26+,27-,28+,34+,35-,36-,37-/m1/s1. The number of ether oxygens (including phenoxy) is 1. The zero-order valence-electron chi connectivity index (χ0n) is 28.8. The van der Waals surface area contributed by atoms with E-state index in [0.717, 1.165) is 56.1 Å². The van der Waals surface area contributed by atoms with E-state index >= 15 is 0 Å². The van der Waals surface area contributed by atoms with Crippen molar-refractivity contribution >= 4 is 23.6 Å². The second-order valence-electron chi connectivity index (χ2n) is 17.3. The maximum atomic E-state index is 14.6. The van der Waals surface area contributed by atoms with Crippen LogP contribution >= 0.6 is 0 Å². The van der Waals surface area contributed by atoms with Gasteiger partial charge in [-0.1, -0.05) is 48.5 Å². The first-order valence-corrected chi connectivity index (χ1v) is 17.4. The van der Waals surface area contributed by atoms with Crippen LogP contribution < -0.4 is 0 Å². The van der Waals surface area contributed by atoms with E-state index in [1.165, 1.54) is 6.92 Å². The second kappa shape index (κ2) is 10.2. The van der Waals surface area contributed by atoms with Crippen molar-refractivity contribution in [1.29, 1.82) is 0 Å². The van der Waals surface area contributed by atoms with Gasteiger partial charge >= 0.3 is 5.97 Å². The van der Waals surface area contributed by atoms with Crippen LogP contribution in [-0.2, 0) is 23.9 Å². The van der Waals surface area contributed by atoms with Crippen LogP contribution in [-0.4, -0.2) is 66.2 Å². The third-order valence-electron chi connectivity index (χ3n) is 14.8. The van der Waals surface area contributed by atoms with Gasteiger partial charge in [-0.05, 0) is 102 Å². The van der Waals surface area contributed by atoms with Crippen molar-refractivity contribution in [2.45, 2.75) is 119 Å². The molecule has 0 radical (unpaired) electrons. The summed E-state index contributed by atoms with van der Waals surface area (Å²) in [6.45, 7) is 19.2. The van der Waals surface area contributed by atoms with Crippen molar-refractivity contribution in [2.24, 2.45) is 50.7 Å². The zero-order chi connectivity index (χ0) is 32.2. The van der Waals surface area contributed by atoms with E-state index in [0.29, 0.717) is 31.3 Å². The Morgan fingerprint density at radius 2 is 1.57 bits per heavy atom. The van der Waals surface area contributed by atoms with Crippen LogP contribution in [0.3, 0.4) is 0 Å². The van der Waals surface area contributed by atoms with Gasteiger partial charge in [-0.15, -0.1) is 0 Å². The molecule has 1 heterocycles. The van der Waals surface area contributed by atoms with Gasteiger partial charge in [-0.2, -0.15) is 0 Å². The van der Waals surface area contributed by atoms with E-state index in [-0.39, 0.29) is 76.1 Å². The summed E-state index contributed by atoms with van der Waals surface area (Å²) in [6, 6.07) is 0. The zero-order valence-corrected chi connectivity index (χ0v) is 28.8. The molecule has 8 atom stereocenters. The Bertz CT molecular complexity index is 1320. The molecule has 0 unspecified atom stereocenters. The number of carbonyl (C=O) groups is 4. The minimum Gasteiger partial charge on any atom is -0.462 e. The molecular weight excluding hydrogens is 552 g/mol. The summed E-state index contributed by atoms with van der Waals surface area (Å²) in [5.41, 5.74) is 1.39. The summed E-state index contributed by atoms with van der Waals surface area (Å²) in [6.07, 6.45) is 8.16. The summed E-state index contributed by atoms with van der Waals surface area (Å²) in [4.78, 5) is 56.7. The first kappa shape index (κ1) is 31.8. The number of piperazine rings is 1. The Morgan fingerprint density at radius 3 is 2.20 bits per heavy atom. The molecule has 44 heavy (non-hydrogen) atoms.